The second-order valence-corrected chi connectivity index (χ2v) is 6.23. The summed E-state index contributed by atoms with van der Waals surface area (Å²) in [5.74, 6) is 0.502. The van der Waals surface area contributed by atoms with Crippen molar-refractivity contribution in [3.8, 4) is 10.6 Å². The van der Waals surface area contributed by atoms with Crippen LogP contribution in [0.3, 0.4) is 0 Å². The third-order valence-electron chi connectivity index (χ3n) is 2.72. The fourth-order valence-corrected chi connectivity index (χ4v) is 4.40. The molecule has 0 saturated carbocycles. The van der Waals surface area contributed by atoms with Gasteiger partial charge < -0.3 is 4.74 Å². The molecule has 1 fully saturated rings. The van der Waals surface area contributed by atoms with Crippen molar-refractivity contribution in [2.45, 2.75) is 12.3 Å². The molecule has 2 aromatic heterocycles. The third kappa shape index (κ3) is 1.97. The number of ether oxygens (including phenoxy) is 1. The molecule has 0 aliphatic carbocycles. The number of thiazole rings is 1. The van der Waals surface area contributed by atoms with Gasteiger partial charge in [0.1, 0.15) is 5.01 Å². The lowest BCUT2D eigenvalue weighted by Gasteiger charge is -2.01. The molecular formula is C11H10BrNOS2. The molecule has 2 nitrogen and oxygen atoms in total. The first-order valence-corrected chi connectivity index (χ1v) is 7.71. The van der Waals surface area contributed by atoms with Crippen LogP contribution in [-0.2, 0) is 4.74 Å². The highest BCUT2D eigenvalue weighted by molar-refractivity contribution is 9.10. The van der Waals surface area contributed by atoms with E-state index in [1.807, 2.05) is 0 Å². The number of aromatic nitrogens is 1. The van der Waals surface area contributed by atoms with Gasteiger partial charge in [-0.05, 0) is 22.4 Å². The first-order valence-electron chi connectivity index (χ1n) is 5.10. The molecule has 0 radical (unpaired) electrons. The van der Waals surface area contributed by atoms with Gasteiger partial charge in [0.15, 0.2) is 0 Å². The van der Waals surface area contributed by atoms with Gasteiger partial charge >= 0.3 is 0 Å². The van der Waals surface area contributed by atoms with Crippen LogP contribution >= 0.6 is 38.6 Å². The van der Waals surface area contributed by atoms with Gasteiger partial charge in [-0.1, -0.05) is 0 Å². The fourth-order valence-electron chi connectivity index (χ4n) is 1.80. The molecule has 1 atom stereocenters. The summed E-state index contributed by atoms with van der Waals surface area (Å²) in [7, 11) is 0. The van der Waals surface area contributed by atoms with Crippen molar-refractivity contribution in [2.24, 2.45) is 0 Å². The summed E-state index contributed by atoms with van der Waals surface area (Å²) in [6.45, 7) is 1.70. The fraction of sp³-hybridized carbons (Fsp3) is 0.364. The zero-order chi connectivity index (χ0) is 11.0. The minimum Gasteiger partial charge on any atom is -0.381 e. The first-order chi connectivity index (χ1) is 7.84. The Kier molecular flexibility index (Phi) is 3.11. The summed E-state index contributed by atoms with van der Waals surface area (Å²) < 4.78 is 6.53. The Morgan fingerprint density at radius 2 is 2.31 bits per heavy atom. The quantitative estimate of drug-likeness (QED) is 0.831. The monoisotopic (exact) mass is 315 g/mol. The van der Waals surface area contributed by atoms with E-state index in [0.29, 0.717) is 5.92 Å². The molecule has 16 heavy (non-hydrogen) atoms. The van der Waals surface area contributed by atoms with E-state index in [1.165, 1.54) is 11.3 Å². The molecule has 3 rings (SSSR count). The van der Waals surface area contributed by atoms with Gasteiger partial charge in [0.05, 0.1) is 12.3 Å². The van der Waals surface area contributed by atoms with E-state index in [0.717, 1.165) is 29.1 Å². The van der Waals surface area contributed by atoms with Crippen molar-refractivity contribution in [1.29, 1.82) is 0 Å². The SMILES string of the molecule is Brc1cscc1-c1nc(C2CCOC2)cs1. The molecule has 0 spiro atoms. The predicted octanol–water partition coefficient (Wildman–Crippen LogP) is 4.14. The lowest BCUT2D eigenvalue weighted by molar-refractivity contribution is 0.193. The Balaban J connectivity index is 1.90. The van der Waals surface area contributed by atoms with E-state index in [1.54, 1.807) is 22.7 Å². The maximum atomic E-state index is 5.39. The molecule has 1 aliphatic rings. The largest absolute Gasteiger partial charge is 0.381 e. The van der Waals surface area contributed by atoms with Crippen LogP contribution in [0.4, 0.5) is 0 Å². The Labute approximate surface area is 110 Å². The highest BCUT2D eigenvalue weighted by atomic mass is 79.9. The van der Waals surface area contributed by atoms with Gasteiger partial charge in [0.25, 0.3) is 0 Å². The van der Waals surface area contributed by atoms with E-state index in [2.05, 4.69) is 32.1 Å². The normalized spacial score (nSPS) is 20.4. The minimum absolute atomic E-state index is 0.502. The van der Waals surface area contributed by atoms with Crippen LogP contribution in [0.25, 0.3) is 10.6 Å². The van der Waals surface area contributed by atoms with Crippen molar-refractivity contribution < 1.29 is 4.74 Å². The van der Waals surface area contributed by atoms with E-state index < -0.39 is 0 Å². The zero-order valence-corrected chi connectivity index (χ0v) is 11.7. The Bertz CT molecular complexity index is 488. The number of halogens is 1. The van der Waals surface area contributed by atoms with Crippen LogP contribution in [0, 0.1) is 0 Å². The molecule has 84 valence electrons. The van der Waals surface area contributed by atoms with Crippen LogP contribution in [0.5, 0.6) is 0 Å². The van der Waals surface area contributed by atoms with E-state index in [-0.39, 0.29) is 0 Å². The van der Waals surface area contributed by atoms with Crippen LogP contribution in [0.15, 0.2) is 20.6 Å². The molecule has 1 aliphatic heterocycles. The van der Waals surface area contributed by atoms with Gasteiger partial charge in [-0.25, -0.2) is 4.98 Å². The number of hydrogen-bond donors (Lipinski definition) is 0. The average Bonchev–Trinajstić information content (AvgIpc) is 2.96. The van der Waals surface area contributed by atoms with Gasteiger partial charge in [0.2, 0.25) is 0 Å². The highest BCUT2D eigenvalue weighted by Gasteiger charge is 2.21. The molecule has 0 bridgehead atoms. The second kappa shape index (κ2) is 4.56. The van der Waals surface area contributed by atoms with Gasteiger partial charge in [-0.15, -0.1) is 11.3 Å². The minimum atomic E-state index is 0.502. The zero-order valence-electron chi connectivity index (χ0n) is 8.48. The van der Waals surface area contributed by atoms with E-state index in [4.69, 9.17) is 9.72 Å². The van der Waals surface area contributed by atoms with Crippen molar-refractivity contribution >= 4 is 38.6 Å². The average molecular weight is 316 g/mol. The number of rotatable bonds is 2. The van der Waals surface area contributed by atoms with E-state index >= 15 is 0 Å². The molecule has 1 unspecified atom stereocenters. The van der Waals surface area contributed by atoms with Gasteiger partial charge in [0, 0.05) is 38.7 Å². The van der Waals surface area contributed by atoms with Crippen LogP contribution < -0.4 is 0 Å². The van der Waals surface area contributed by atoms with Gasteiger partial charge in [-0.3, -0.25) is 0 Å². The van der Waals surface area contributed by atoms with Crippen LogP contribution in [-0.4, -0.2) is 18.2 Å². The Morgan fingerprint density at radius 1 is 1.38 bits per heavy atom. The lowest BCUT2D eigenvalue weighted by atomic mass is 10.1. The summed E-state index contributed by atoms with van der Waals surface area (Å²) in [6, 6.07) is 0. The van der Waals surface area contributed by atoms with Crippen molar-refractivity contribution in [3.05, 3.63) is 26.3 Å². The van der Waals surface area contributed by atoms with Crippen LogP contribution in [0.1, 0.15) is 18.0 Å². The maximum Gasteiger partial charge on any atom is 0.125 e. The smallest absolute Gasteiger partial charge is 0.125 e. The van der Waals surface area contributed by atoms with Crippen molar-refractivity contribution in [3.63, 3.8) is 0 Å². The van der Waals surface area contributed by atoms with Crippen molar-refractivity contribution in [2.75, 3.05) is 13.2 Å². The summed E-state index contributed by atoms with van der Waals surface area (Å²) >= 11 is 6.96. The molecule has 2 aromatic rings. The summed E-state index contributed by atoms with van der Waals surface area (Å²) in [5, 5.41) is 7.50. The van der Waals surface area contributed by atoms with E-state index in [9.17, 15) is 0 Å². The molecule has 0 N–H and O–H groups in total. The molecule has 0 aromatic carbocycles. The summed E-state index contributed by atoms with van der Waals surface area (Å²) in [6.07, 6.45) is 1.11. The maximum absolute atomic E-state index is 5.39. The highest BCUT2D eigenvalue weighted by Crippen LogP contribution is 2.36. The van der Waals surface area contributed by atoms with Crippen LogP contribution in [0.2, 0.25) is 0 Å². The van der Waals surface area contributed by atoms with Crippen molar-refractivity contribution in [1.82, 2.24) is 4.98 Å². The predicted molar refractivity (Wildman–Crippen MR) is 71.3 cm³/mol. The molecule has 3 heterocycles. The topological polar surface area (TPSA) is 22.1 Å². The Morgan fingerprint density at radius 3 is 3.00 bits per heavy atom. The standard InChI is InChI=1S/C11H10BrNOS2/c12-9-5-15-4-8(9)11-13-10(6-16-11)7-1-2-14-3-7/h4-7H,1-3H2. The molecule has 0 amide bonds. The Hall–Kier alpha value is -0.230. The lowest BCUT2D eigenvalue weighted by Crippen LogP contribution is -1.97. The number of nitrogens with zero attached hydrogens (tertiary/aromatic N) is 1. The number of hydrogen-bond acceptors (Lipinski definition) is 4. The molecule has 1 saturated heterocycles. The molecular weight excluding hydrogens is 306 g/mol. The molecule has 5 heteroatoms. The third-order valence-corrected chi connectivity index (χ3v) is 5.31. The summed E-state index contributed by atoms with van der Waals surface area (Å²) in [5.41, 5.74) is 2.40. The number of thiophene rings is 1. The second-order valence-electron chi connectivity index (χ2n) is 3.77. The summed E-state index contributed by atoms with van der Waals surface area (Å²) in [4.78, 5) is 4.71. The van der Waals surface area contributed by atoms with Gasteiger partial charge in [-0.2, -0.15) is 11.3 Å². The first kappa shape index (κ1) is 10.9.